The molecular formula is C14H18FNO3. The number of hydrogen-bond acceptors (Lipinski definition) is 3. The van der Waals surface area contributed by atoms with Crippen LogP contribution in [0.3, 0.4) is 0 Å². The smallest absolute Gasteiger partial charge is 0.251 e. The fourth-order valence-electron chi connectivity index (χ4n) is 1.39. The monoisotopic (exact) mass is 267 g/mol. The zero-order chi connectivity index (χ0) is 14.3. The first kappa shape index (κ1) is 15.2. The van der Waals surface area contributed by atoms with E-state index in [1.54, 1.807) is 0 Å². The number of nitrogens with one attached hydrogen (secondary N) is 1. The highest BCUT2D eigenvalue weighted by atomic mass is 19.1. The van der Waals surface area contributed by atoms with Gasteiger partial charge in [-0.3, -0.25) is 4.79 Å². The summed E-state index contributed by atoms with van der Waals surface area (Å²) >= 11 is 0. The Labute approximate surface area is 112 Å². The average molecular weight is 267 g/mol. The average Bonchev–Trinajstić information content (AvgIpc) is 2.38. The molecule has 1 N–H and O–H groups in total. The van der Waals surface area contributed by atoms with Crippen LogP contribution in [-0.4, -0.2) is 32.8 Å². The highest BCUT2D eigenvalue weighted by molar-refractivity contribution is 5.94. The Balaban J connectivity index is 2.43. The van der Waals surface area contributed by atoms with Gasteiger partial charge in [0.1, 0.15) is 0 Å². The van der Waals surface area contributed by atoms with Crippen molar-refractivity contribution in [3.63, 3.8) is 0 Å². The van der Waals surface area contributed by atoms with Crippen LogP contribution in [0.25, 0.3) is 0 Å². The molecule has 0 unspecified atom stereocenters. The molecule has 0 radical (unpaired) electrons. The van der Waals surface area contributed by atoms with Gasteiger partial charge in [0.05, 0.1) is 20.3 Å². The van der Waals surface area contributed by atoms with E-state index < -0.39 is 5.82 Å². The summed E-state index contributed by atoms with van der Waals surface area (Å²) < 4.78 is 23.2. The molecule has 0 aliphatic rings. The molecule has 1 amide bonds. The van der Waals surface area contributed by atoms with Crippen molar-refractivity contribution in [3.8, 4) is 5.75 Å². The molecule has 0 aromatic heterocycles. The van der Waals surface area contributed by atoms with Gasteiger partial charge in [-0.25, -0.2) is 4.39 Å². The van der Waals surface area contributed by atoms with Crippen LogP contribution in [0.1, 0.15) is 17.3 Å². The standard InChI is InChI=1S/C14H18FNO3/c1-10(2)9-19-7-6-16-14(17)11-4-5-12(15)13(8-11)18-3/h4-5,8H,1,6-7,9H2,2-3H3,(H,16,17). The molecule has 0 aliphatic carbocycles. The minimum Gasteiger partial charge on any atom is -0.494 e. The number of hydrogen-bond donors (Lipinski definition) is 1. The van der Waals surface area contributed by atoms with Crippen molar-refractivity contribution < 1.29 is 18.7 Å². The Morgan fingerprint density at radius 1 is 1.47 bits per heavy atom. The molecule has 5 heteroatoms. The van der Waals surface area contributed by atoms with Gasteiger partial charge in [0, 0.05) is 12.1 Å². The molecule has 104 valence electrons. The fraction of sp³-hybridized carbons (Fsp3) is 0.357. The molecule has 1 rings (SSSR count). The molecule has 1 aromatic rings. The summed E-state index contributed by atoms with van der Waals surface area (Å²) in [5, 5.41) is 2.67. The van der Waals surface area contributed by atoms with Gasteiger partial charge in [-0.05, 0) is 25.1 Å². The Hall–Kier alpha value is -1.88. The van der Waals surface area contributed by atoms with Crippen LogP contribution in [0, 0.1) is 5.82 Å². The molecule has 0 saturated carbocycles. The molecule has 0 heterocycles. The molecule has 0 bridgehead atoms. The number of carbonyl (C=O) groups excluding carboxylic acids is 1. The summed E-state index contributed by atoms with van der Waals surface area (Å²) in [7, 11) is 1.35. The third-order valence-electron chi connectivity index (χ3n) is 2.29. The summed E-state index contributed by atoms with van der Waals surface area (Å²) in [5.74, 6) is -0.743. The summed E-state index contributed by atoms with van der Waals surface area (Å²) in [6.45, 7) is 6.82. The zero-order valence-electron chi connectivity index (χ0n) is 11.2. The van der Waals surface area contributed by atoms with Crippen molar-refractivity contribution in [1.82, 2.24) is 5.32 Å². The molecule has 19 heavy (non-hydrogen) atoms. The lowest BCUT2D eigenvalue weighted by Crippen LogP contribution is -2.27. The molecular weight excluding hydrogens is 249 g/mol. The summed E-state index contributed by atoms with van der Waals surface area (Å²) in [6, 6.07) is 3.96. The van der Waals surface area contributed by atoms with Gasteiger partial charge in [-0.15, -0.1) is 0 Å². The van der Waals surface area contributed by atoms with Crippen molar-refractivity contribution in [1.29, 1.82) is 0 Å². The lowest BCUT2D eigenvalue weighted by Gasteiger charge is -2.08. The van der Waals surface area contributed by atoms with E-state index >= 15 is 0 Å². The molecule has 0 fully saturated rings. The van der Waals surface area contributed by atoms with E-state index in [-0.39, 0.29) is 11.7 Å². The van der Waals surface area contributed by atoms with Gasteiger partial charge < -0.3 is 14.8 Å². The van der Waals surface area contributed by atoms with Crippen LogP contribution in [-0.2, 0) is 4.74 Å². The third kappa shape index (κ3) is 5.09. The molecule has 0 atom stereocenters. The lowest BCUT2D eigenvalue weighted by molar-refractivity contribution is 0.0926. The first-order valence-corrected chi connectivity index (χ1v) is 5.88. The van der Waals surface area contributed by atoms with Gasteiger partial charge in [-0.1, -0.05) is 12.2 Å². The van der Waals surface area contributed by atoms with Gasteiger partial charge in [-0.2, -0.15) is 0 Å². The second kappa shape index (κ2) is 7.53. The van der Waals surface area contributed by atoms with Crippen LogP contribution in [0.5, 0.6) is 5.75 Å². The van der Waals surface area contributed by atoms with Gasteiger partial charge >= 0.3 is 0 Å². The van der Waals surface area contributed by atoms with E-state index in [0.717, 1.165) is 5.57 Å². The normalized spacial score (nSPS) is 10.1. The van der Waals surface area contributed by atoms with E-state index in [1.807, 2.05) is 6.92 Å². The first-order chi connectivity index (χ1) is 9.04. The summed E-state index contributed by atoms with van der Waals surface area (Å²) in [4.78, 5) is 11.8. The van der Waals surface area contributed by atoms with E-state index in [4.69, 9.17) is 9.47 Å². The maximum atomic E-state index is 13.2. The Morgan fingerprint density at radius 2 is 2.21 bits per heavy atom. The van der Waals surface area contributed by atoms with E-state index in [2.05, 4.69) is 11.9 Å². The van der Waals surface area contributed by atoms with Gasteiger partial charge in [0.25, 0.3) is 5.91 Å². The highest BCUT2D eigenvalue weighted by Gasteiger charge is 2.09. The Kier molecular flexibility index (Phi) is 6.02. The molecule has 0 aliphatic heterocycles. The van der Waals surface area contributed by atoms with Crippen molar-refractivity contribution in [2.45, 2.75) is 6.92 Å². The Bertz CT molecular complexity index is 460. The maximum Gasteiger partial charge on any atom is 0.251 e. The van der Waals surface area contributed by atoms with Crippen molar-refractivity contribution in [2.75, 3.05) is 26.9 Å². The minimum atomic E-state index is -0.496. The lowest BCUT2D eigenvalue weighted by atomic mass is 10.2. The minimum absolute atomic E-state index is 0.0474. The van der Waals surface area contributed by atoms with Crippen LogP contribution >= 0.6 is 0 Å². The largest absolute Gasteiger partial charge is 0.494 e. The fourth-order valence-corrected chi connectivity index (χ4v) is 1.39. The quantitative estimate of drug-likeness (QED) is 0.608. The second-order valence-corrected chi connectivity index (χ2v) is 4.11. The SMILES string of the molecule is C=C(C)COCCNC(=O)c1ccc(F)c(OC)c1. The van der Waals surface area contributed by atoms with E-state index in [1.165, 1.54) is 25.3 Å². The number of benzene rings is 1. The van der Waals surface area contributed by atoms with Crippen molar-refractivity contribution >= 4 is 5.91 Å². The number of rotatable bonds is 7. The Morgan fingerprint density at radius 3 is 2.84 bits per heavy atom. The van der Waals surface area contributed by atoms with Crippen LogP contribution in [0.2, 0.25) is 0 Å². The molecule has 1 aromatic carbocycles. The number of amides is 1. The van der Waals surface area contributed by atoms with Crippen LogP contribution < -0.4 is 10.1 Å². The number of ether oxygens (including phenoxy) is 2. The number of halogens is 1. The molecule has 0 spiro atoms. The molecule has 4 nitrogen and oxygen atoms in total. The second-order valence-electron chi connectivity index (χ2n) is 4.11. The van der Waals surface area contributed by atoms with Gasteiger partial charge in [0.15, 0.2) is 11.6 Å². The maximum absolute atomic E-state index is 13.2. The highest BCUT2D eigenvalue weighted by Crippen LogP contribution is 2.17. The summed E-state index contributed by atoms with van der Waals surface area (Å²) in [5.41, 5.74) is 1.27. The van der Waals surface area contributed by atoms with E-state index in [0.29, 0.717) is 25.3 Å². The summed E-state index contributed by atoms with van der Waals surface area (Å²) in [6.07, 6.45) is 0. The van der Waals surface area contributed by atoms with E-state index in [9.17, 15) is 9.18 Å². The number of methoxy groups -OCH3 is 1. The van der Waals surface area contributed by atoms with Crippen LogP contribution in [0.4, 0.5) is 4.39 Å². The predicted octanol–water partition coefficient (Wildman–Crippen LogP) is 2.16. The topological polar surface area (TPSA) is 47.6 Å². The first-order valence-electron chi connectivity index (χ1n) is 5.88. The van der Waals surface area contributed by atoms with Gasteiger partial charge in [0.2, 0.25) is 0 Å². The van der Waals surface area contributed by atoms with Crippen molar-refractivity contribution in [2.24, 2.45) is 0 Å². The number of carbonyl (C=O) groups is 1. The predicted molar refractivity (Wildman–Crippen MR) is 70.9 cm³/mol. The third-order valence-corrected chi connectivity index (χ3v) is 2.29. The van der Waals surface area contributed by atoms with Crippen molar-refractivity contribution in [3.05, 3.63) is 41.7 Å². The zero-order valence-corrected chi connectivity index (χ0v) is 11.2. The molecule has 0 saturated heterocycles. The van der Waals surface area contributed by atoms with Crippen LogP contribution in [0.15, 0.2) is 30.4 Å².